The number of nitrogens with two attached hydrogens (primary N) is 1. The lowest BCUT2D eigenvalue weighted by atomic mass is 10.1. The van der Waals surface area contributed by atoms with E-state index in [4.69, 9.17) is 18.0 Å². The van der Waals surface area contributed by atoms with Crippen molar-refractivity contribution in [1.29, 1.82) is 0 Å². The average Bonchev–Trinajstić information content (AvgIpc) is 2.37. The van der Waals surface area contributed by atoms with Crippen molar-refractivity contribution in [2.24, 2.45) is 5.73 Å². The molecule has 0 unspecified atom stereocenters. The molecule has 4 heteroatoms. The lowest BCUT2D eigenvalue weighted by Crippen LogP contribution is -2.28. The normalized spacial score (nSPS) is 10.4. The molecular weight excluding hydrogens is 260 g/mol. The Morgan fingerprint density at radius 3 is 2.33 bits per heavy atom. The lowest BCUT2D eigenvalue weighted by molar-refractivity contribution is 0.743. The second-order valence-corrected chi connectivity index (χ2v) is 5.49. The second-order valence-electron chi connectivity index (χ2n) is 4.21. The number of benzene rings is 1. The highest BCUT2D eigenvalue weighted by Gasteiger charge is 2.15. The summed E-state index contributed by atoms with van der Waals surface area (Å²) in [7, 11) is 0. The minimum Gasteiger partial charge on any atom is -0.389 e. The quantitative estimate of drug-likeness (QED) is 0.610. The number of hydrogen-bond acceptors (Lipinski definition) is 3. The molecule has 0 spiro atoms. The van der Waals surface area contributed by atoms with Gasteiger partial charge in [0.2, 0.25) is 0 Å². The van der Waals surface area contributed by atoms with Gasteiger partial charge in [-0.15, -0.1) is 11.8 Å². The molecule has 0 radical (unpaired) electrons. The minimum absolute atomic E-state index is 0.493. The average molecular weight is 282 g/mol. The fourth-order valence-corrected chi connectivity index (χ4v) is 3.01. The molecule has 0 bridgehead atoms. The Bertz CT molecular complexity index is 399. The third-order valence-electron chi connectivity index (χ3n) is 2.80. The van der Waals surface area contributed by atoms with Gasteiger partial charge in [0.15, 0.2) is 0 Å². The van der Waals surface area contributed by atoms with Crippen LogP contribution in [-0.2, 0) is 0 Å². The summed E-state index contributed by atoms with van der Waals surface area (Å²) < 4.78 is 0. The third kappa shape index (κ3) is 3.62. The van der Waals surface area contributed by atoms with Crippen LogP contribution >= 0.6 is 24.0 Å². The number of nitrogens with zero attached hydrogens (tertiary/aromatic N) is 1. The molecule has 0 aliphatic heterocycles. The molecule has 1 rings (SSSR count). The van der Waals surface area contributed by atoms with Crippen LogP contribution < -0.4 is 10.6 Å². The summed E-state index contributed by atoms with van der Waals surface area (Å²) in [5.41, 5.74) is 8.12. The maximum atomic E-state index is 5.91. The van der Waals surface area contributed by atoms with Gasteiger partial charge < -0.3 is 10.6 Å². The highest BCUT2D eigenvalue weighted by atomic mass is 32.2. The van der Waals surface area contributed by atoms with Gasteiger partial charge >= 0.3 is 0 Å². The number of rotatable bonds is 7. The number of thiocarbonyl (C=S) groups is 1. The molecule has 0 amide bonds. The van der Waals surface area contributed by atoms with Gasteiger partial charge in [-0.3, -0.25) is 0 Å². The minimum atomic E-state index is 0.493. The first-order valence-corrected chi connectivity index (χ1v) is 8.00. The van der Waals surface area contributed by atoms with E-state index in [1.807, 2.05) is 0 Å². The van der Waals surface area contributed by atoms with E-state index >= 15 is 0 Å². The van der Waals surface area contributed by atoms with Crippen molar-refractivity contribution in [2.75, 3.05) is 24.2 Å². The van der Waals surface area contributed by atoms with Crippen LogP contribution in [-0.4, -0.2) is 24.3 Å². The highest BCUT2D eigenvalue weighted by Crippen LogP contribution is 2.30. The standard InChI is InChI=1S/C14H22N2S2/c1-4-9-16(10-5-2)11-7-6-8-12(18-3)13(11)14(15)17/h6-8H,4-5,9-10H2,1-3H3,(H2,15,17). The van der Waals surface area contributed by atoms with Crippen molar-refractivity contribution in [3.8, 4) is 0 Å². The Morgan fingerprint density at radius 2 is 1.89 bits per heavy atom. The Balaban J connectivity index is 3.23. The van der Waals surface area contributed by atoms with Gasteiger partial charge in [-0.25, -0.2) is 0 Å². The van der Waals surface area contributed by atoms with Crippen LogP contribution in [0.15, 0.2) is 23.1 Å². The van der Waals surface area contributed by atoms with Crippen LogP contribution in [0.1, 0.15) is 32.3 Å². The monoisotopic (exact) mass is 282 g/mol. The topological polar surface area (TPSA) is 29.3 Å². The summed E-state index contributed by atoms with van der Waals surface area (Å²) in [6.07, 6.45) is 4.31. The highest BCUT2D eigenvalue weighted by molar-refractivity contribution is 7.98. The van der Waals surface area contributed by atoms with E-state index in [2.05, 4.69) is 43.2 Å². The van der Waals surface area contributed by atoms with Crippen molar-refractivity contribution in [3.63, 3.8) is 0 Å². The Hall–Kier alpha value is -0.740. The van der Waals surface area contributed by atoms with Gasteiger partial charge in [0, 0.05) is 29.2 Å². The maximum Gasteiger partial charge on any atom is 0.107 e. The molecule has 1 aromatic carbocycles. The fourth-order valence-electron chi connectivity index (χ4n) is 2.09. The molecule has 100 valence electrons. The van der Waals surface area contributed by atoms with Gasteiger partial charge in [0.05, 0.1) is 0 Å². The maximum absolute atomic E-state index is 5.91. The molecule has 0 heterocycles. The van der Waals surface area contributed by atoms with Gasteiger partial charge in [0.25, 0.3) is 0 Å². The first-order valence-electron chi connectivity index (χ1n) is 6.37. The summed E-state index contributed by atoms with van der Waals surface area (Å²) in [6, 6.07) is 6.29. The van der Waals surface area contributed by atoms with Crippen molar-refractivity contribution in [3.05, 3.63) is 23.8 Å². The van der Waals surface area contributed by atoms with Crippen molar-refractivity contribution in [2.45, 2.75) is 31.6 Å². The largest absolute Gasteiger partial charge is 0.389 e. The number of thioether (sulfide) groups is 1. The van der Waals surface area contributed by atoms with Gasteiger partial charge in [-0.05, 0) is 31.2 Å². The molecule has 0 saturated heterocycles. The molecule has 0 fully saturated rings. The zero-order valence-electron chi connectivity index (χ0n) is 11.4. The van der Waals surface area contributed by atoms with E-state index in [1.54, 1.807) is 11.8 Å². The van der Waals surface area contributed by atoms with E-state index in [1.165, 1.54) is 5.69 Å². The molecule has 2 N–H and O–H groups in total. The van der Waals surface area contributed by atoms with E-state index in [0.29, 0.717) is 4.99 Å². The number of hydrogen-bond donors (Lipinski definition) is 1. The summed E-state index contributed by atoms with van der Waals surface area (Å²) >= 11 is 6.93. The van der Waals surface area contributed by atoms with Crippen LogP contribution in [0.3, 0.4) is 0 Å². The first-order chi connectivity index (χ1) is 8.65. The van der Waals surface area contributed by atoms with E-state index < -0.39 is 0 Å². The van der Waals surface area contributed by atoms with Crippen molar-refractivity contribution < 1.29 is 0 Å². The third-order valence-corrected chi connectivity index (χ3v) is 3.78. The smallest absolute Gasteiger partial charge is 0.107 e. The molecule has 0 aliphatic rings. The van der Waals surface area contributed by atoms with Crippen molar-refractivity contribution >= 4 is 34.7 Å². The van der Waals surface area contributed by atoms with Crippen LogP contribution in [0.5, 0.6) is 0 Å². The Labute approximate surface area is 120 Å². The Morgan fingerprint density at radius 1 is 1.28 bits per heavy atom. The van der Waals surface area contributed by atoms with Crippen molar-refractivity contribution in [1.82, 2.24) is 0 Å². The van der Waals surface area contributed by atoms with Crippen LogP contribution in [0.25, 0.3) is 0 Å². The molecule has 2 nitrogen and oxygen atoms in total. The first kappa shape index (κ1) is 15.3. The van der Waals surface area contributed by atoms with Gasteiger partial charge in [0.1, 0.15) is 4.99 Å². The summed E-state index contributed by atoms with van der Waals surface area (Å²) in [6.45, 7) is 6.48. The predicted molar refractivity (Wildman–Crippen MR) is 86.9 cm³/mol. The zero-order valence-corrected chi connectivity index (χ0v) is 13.0. The second kappa shape index (κ2) is 7.64. The van der Waals surface area contributed by atoms with E-state index in [-0.39, 0.29) is 0 Å². The lowest BCUT2D eigenvalue weighted by Gasteiger charge is -2.27. The van der Waals surface area contributed by atoms with E-state index in [9.17, 15) is 0 Å². The Kier molecular flexibility index (Phi) is 6.50. The molecule has 0 atom stereocenters. The van der Waals surface area contributed by atoms with Gasteiger partial charge in [-0.1, -0.05) is 32.1 Å². The van der Waals surface area contributed by atoms with Gasteiger partial charge in [-0.2, -0.15) is 0 Å². The van der Waals surface area contributed by atoms with Crippen LogP contribution in [0.4, 0.5) is 5.69 Å². The summed E-state index contributed by atoms with van der Waals surface area (Å²) in [5, 5.41) is 0. The van der Waals surface area contributed by atoms with Crippen LogP contribution in [0, 0.1) is 0 Å². The van der Waals surface area contributed by atoms with E-state index in [0.717, 1.165) is 36.4 Å². The molecule has 18 heavy (non-hydrogen) atoms. The number of anilines is 1. The predicted octanol–water partition coefficient (Wildman–Crippen LogP) is 3.67. The SMILES string of the molecule is CCCN(CCC)c1cccc(SC)c1C(N)=S. The molecule has 0 aliphatic carbocycles. The fraction of sp³-hybridized carbons (Fsp3) is 0.500. The molecule has 1 aromatic rings. The summed E-state index contributed by atoms with van der Waals surface area (Å²) in [4.78, 5) is 4.04. The zero-order chi connectivity index (χ0) is 13.5. The van der Waals surface area contributed by atoms with Crippen LogP contribution in [0.2, 0.25) is 0 Å². The molecule has 0 aromatic heterocycles. The summed E-state index contributed by atoms with van der Waals surface area (Å²) in [5.74, 6) is 0. The molecule has 0 saturated carbocycles. The molecular formula is C14H22N2S2.